The van der Waals surface area contributed by atoms with Gasteiger partial charge in [0.1, 0.15) is 6.54 Å². The zero-order valence-corrected chi connectivity index (χ0v) is 14.9. The van der Waals surface area contributed by atoms with E-state index in [4.69, 9.17) is 0 Å². The number of nitrogens with zero attached hydrogens (tertiary/aromatic N) is 1. The van der Waals surface area contributed by atoms with Crippen molar-refractivity contribution in [1.82, 2.24) is 0 Å². The highest BCUT2D eigenvalue weighted by Gasteiger charge is 2.37. The Hall–Kier alpha value is -1.89. The molecule has 1 aromatic carbocycles. The lowest BCUT2D eigenvalue weighted by atomic mass is 9.72. The fourth-order valence-corrected chi connectivity index (χ4v) is 4.27. The van der Waals surface area contributed by atoms with Crippen molar-refractivity contribution >= 4 is 12.2 Å². The largest absolute Gasteiger partial charge is 0.220 e. The van der Waals surface area contributed by atoms with Crippen molar-refractivity contribution in [3.63, 3.8) is 0 Å². The van der Waals surface area contributed by atoms with Crippen molar-refractivity contribution in [3.05, 3.63) is 52.5 Å². The van der Waals surface area contributed by atoms with Crippen LogP contribution in [0.4, 0.5) is 0 Å². The highest BCUT2D eigenvalue weighted by Crippen LogP contribution is 2.41. The first kappa shape index (κ1) is 16.0. The van der Waals surface area contributed by atoms with Gasteiger partial charge in [0.15, 0.2) is 6.20 Å². The summed E-state index contributed by atoms with van der Waals surface area (Å²) >= 11 is 0. The van der Waals surface area contributed by atoms with Crippen LogP contribution in [0.5, 0.6) is 0 Å². The Bertz CT molecular complexity index is 826. The molecule has 3 rings (SSSR count). The highest BCUT2D eigenvalue weighted by atomic mass is 15.0. The van der Waals surface area contributed by atoms with Crippen molar-refractivity contribution in [3.8, 4) is 11.3 Å². The molecular weight excluding hydrogens is 278 g/mol. The second-order valence-electron chi connectivity index (χ2n) is 6.59. The second-order valence-corrected chi connectivity index (χ2v) is 6.59. The Morgan fingerprint density at radius 3 is 2.43 bits per heavy atom. The molecule has 1 aromatic heterocycles. The lowest BCUT2D eigenvalue weighted by Crippen LogP contribution is -2.45. The standard InChI is InChI=1S/C22H28N/c1-5-17-13-15-23-16-14-22(7-3,8-4)20-12-10-9-11-19(20)21(23)18(17)6-2/h5-6,9-13,15H,7-8,14,16H2,1-4H3/q+1. The molecular formula is C22H28N+. The lowest BCUT2D eigenvalue weighted by molar-refractivity contribution is -0.687. The van der Waals surface area contributed by atoms with Gasteiger partial charge in [-0.2, -0.15) is 4.57 Å². The number of hydrogen-bond acceptors (Lipinski definition) is 0. The molecule has 0 N–H and O–H groups in total. The minimum atomic E-state index is 0.295. The number of aromatic nitrogens is 1. The Labute approximate surface area is 140 Å². The van der Waals surface area contributed by atoms with Crippen molar-refractivity contribution in [2.24, 2.45) is 0 Å². The average molecular weight is 306 g/mol. The van der Waals surface area contributed by atoms with Crippen LogP contribution in [0.3, 0.4) is 0 Å². The van der Waals surface area contributed by atoms with Crippen LogP contribution in [0, 0.1) is 0 Å². The second kappa shape index (κ2) is 6.31. The molecule has 0 fully saturated rings. The lowest BCUT2D eigenvalue weighted by Gasteiger charge is -2.31. The summed E-state index contributed by atoms with van der Waals surface area (Å²) in [6, 6.07) is 11.3. The van der Waals surface area contributed by atoms with E-state index in [9.17, 15) is 0 Å². The molecule has 2 heterocycles. The minimum Gasteiger partial charge on any atom is -0.198 e. The Balaban J connectivity index is 2.44. The van der Waals surface area contributed by atoms with Crippen LogP contribution in [0.25, 0.3) is 23.4 Å². The van der Waals surface area contributed by atoms with Gasteiger partial charge < -0.3 is 0 Å². The van der Waals surface area contributed by atoms with E-state index >= 15 is 0 Å². The first-order valence-corrected chi connectivity index (χ1v) is 8.95. The SMILES string of the molecule is CC=c1cc[n+]2c(c1=CC)-c1ccccc1C(CC)(CC)CC2. The topological polar surface area (TPSA) is 3.88 Å². The van der Waals surface area contributed by atoms with Crippen LogP contribution >= 0.6 is 0 Å². The van der Waals surface area contributed by atoms with E-state index in [1.165, 1.54) is 46.5 Å². The minimum absolute atomic E-state index is 0.295. The van der Waals surface area contributed by atoms with E-state index in [2.05, 4.69) is 80.9 Å². The maximum absolute atomic E-state index is 2.47. The van der Waals surface area contributed by atoms with Gasteiger partial charge in [-0.1, -0.05) is 44.2 Å². The summed E-state index contributed by atoms with van der Waals surface area (Å²) in [5.74, 6) is 0. The molecule has 0 bridgehead atoms. The summed E-state index contributed by atoms with van der Waals surface area (Å²) in [5.41, 5.74) is 4.64. The molecule has 120 valence electrons. The third kappa shape index (κ3) is 2.43. The molecule has 0 amide bonds. The monoisotopic (exact) mass is 306 g/mol. The molecule has 1 aliphatic heterocycles. The average Bonchev–Trinajstić information content (AvgIpc) is 2.76. The van der Waals surface area contributed by atoms with Crippen molar-refractivity contribution in [2.75, 3.05) is 0 Å². The smallest absolute Gasteiger partial charge is 0.198 e. The van der Waals surface area contributed by atoms with Gasteiger partial charge >= 0.3 is 0 Å². The van der Waals surface area contributed by atoms with E-state index in [1.807, 2.05) is 0 Å². The summed E-state index contributed by atoms with van der Waals surface area (Å²) in [7, 11) is 0. The highest BCUT2D eigenvalue weighted by molar-refractivity contribution is 5.65. The maximum atomic E-state index is 2.47. The normalized spacial score (nSPS) is 17.6. The van der Waals surface area contributed by atoms with Crippen LogP contribution in [0.1, 0.15) is 52.5 Å². The number of hydrogen-bond donors (Lipinski definition) is 0. The number of pyridine rings is 1. The summed E-state index contributed by atoms with van der Waals surface area (Å²) in [5, 5.41) is 2.69. The first-order valence-electron chi connectivity index (χ1n) is 8.95. The van der Waals surface area contributed by atoms with E-state index < -0.39 is 0 Å². The Kier molecular flexibility index (Phi) is 4.39. The van der Waals surface area contributed by atoms with Crippen LogP contribution in [-0.4, -0.2) is 0 Å². The zero-order valence-electron chi connectivity index (χ0n) is 14.9. The van der Waals surface area contributed by atoms with Crippen LogP contribution in [0.2, 0.25) is 0 Å². The van der Waals surface area contributed by atoms with Gasteiger partial charge in [0, 0.05) is 23.1 Å². The molecule has 1 heteroatoms. The van der Waals surface area contributed by atoms with Crippen LogP contribution < -0.4 is 15.0 Å². The molecule has 0 saturated carbocycles. The molecule has 0 unspecified atom stereocenters. The fraction of sp³-hybridized carbons (Fsp3) is 0.409. The van der Waals surface area contributed by atoms with Gasteiger partial charge in [0.2, 0.25) is 5.69 Å². The molecule has 1 aliphatic rings. The number of aryl methyl sites for hydroxylation is 1. The third-order valence-electron chi connectivity index (χ3n) is 5.83. The Morgan fingerprint density at radius 2 is 1.78 bits per heavy atom. The molecule has 2 aromatic rings. The van der Waals surface area contributed by atoms with Gasteiger partial charge in [-0.25, -0.2) is 0 Å². The molecule has 23 heavy (non-hydrogen) atoms. The van der Waals surface area contributed by atoms with Gasteiger partial charge in [-0.15, -0.1) is 0 Å². The van der Waals surface area contributed by atoms with Gasteiger partial charge in [0.05, 0.1) is 5.56 Å². The molecule has 0 atom stereocenters. The first-order chi connectivity index (χ1) is 11.2. The van der Waals surface area contributed by atoms with Crippen molar-refractivity contribution < 1.29 is 4.57 Å². The summed E-state index contributed by atoms with van der Waals surface area (Å²) in [4.78, 5) is 0. The predicted octanol–water partition coefficient (Wildman–Crippen LogP) is 3.70. The van der Waals surface area contributed by atoms with Gasteiger partial charge in [-0.05, 0) is 43.5 Å². The number of rotatable bonds is 2. The molecule has 0 saturated heterocycles. The van der Waals surface area contributed by atoms with Gasteiger partial charge in [-0.3, -0.25) is 0 Å². The van der Waals surface area contributed by atoms with Gasteiger partial charge in [0.25, 0.3) is 0 Å². The molecule has 0 radical (unpaired) electrons. The van der Waals surface area contributed by atoms with E-state index in [0.717, 1.165) is 6.54 Å². The Morgan fingerprint density at radius 1 is 1.04 bits per heavy atom. The maximum Gasteiger partial charge on any atom is 0.220 e. The zero-order chi connectivity index (χ0) is 16.4. The number of fused-ring (bicyclic) bond motifs is 3. The van der Waals surface area contributed by atoms with Crippen LogP contribution in [-0.2, 0) is 12.0 Å². The fourth-order valence-electron chi connectivity index (χ4n) is 4.27. The summed E-state index contributed by atoms with van der Waals surface area (Å²) in [6.45, 7) is 10.1. The number of benzene rings is 1. The summed E-state index contributed by atoms with van der Waals surface area (Å²) < 4.78 is 2.47. The molecule has 0 spiro atoms. The quantitative estimate of drug-likeness (QED) is 0.745. The van der Waals surface area contributed by atoms with Crippen molar-refractivity contribution in [1.29, 1.82) is 0 Å². The molecule has 1 nitrogen and oxygen atoms in total. The van der Waals surface area contributed by atoms with Crippen LogP contribution in [0.15, 0.2) is 36.5 Å². The van der Waals surface area contributed by atoms with Crippen molar-refractivity contribution in [2.45, 2.75) is 58.9 Å². The summed E-state index contributed by atoms with van der Waals surface area (Å²) in [6.07, 6.45) is 10.4. The predicted molar refractivity (Wildman–Crippen MR) is 98.5 cm³/mol. The van der Waals surface area contributed by atoms with E-state index in [0.29, 0.717) is 5.41 Å². The van der Waals surface area contributed by atoms with E-state index in [1.54, 1.807) is 0 Å². The molecule has 0 aliphatic carbocycles. The van der Waals surface area contributed by atoms with E-state index in [-0.39, 0.29) is 0 Å². The third-order valence-corrected chi connectivity index (χ3v) is 5.83.